The van der Waals surface area contributed by atoms with Gasteiger partial charge in [-0.1, -0.05) is 0 Å². The summed E-state index contributed by atoms with van der Waals surface area (Å²) in [4.78, 5) is -0.0932. The lowest BCUT2D eigenvalue weighted by Gasteiger charge is -2.06. The van der Waals surface area contributed by atoms with Gasteiger partial charge in [0.25, 0.3) is 16.4 Å². The maximum absolute atomic E-state index is 12.5. The van der Waals surface area contributed by atoms with Gasteiger partial charge in [0.15, 0.2) is 0 Å². The van der Waals surface area contributed by atoms with Crippen LogP contribution in [0.3, 0.4) is 0 Å². The number of aryl methyl sites for hydroxylation is 2. The Morgan fingerprint density at radius 2 is 2.14 bits per heavy atom. The van der Waals surface area contributed by atoms with E-state index in [0.29, 0.717) is 0 Å². The summed E-state index contributed by atoms with van der Waals surface area (Å²) in [5, 5.41) is 7.82. The van der Waals surface area contributed by atoms with Crippen LogP contribution in [0.15, 0.2) is 17.3 Å². The van der Waals surface area contributed by atoms with Gasteiger partial charge in [0.2, 0.25) is 0 Å². The van der Waals surface area contributed by atoms with Crippen LogP contribution in [0.4, 0.5) is 8.78 Å². The normalized spacial score (nSPS) is 14.9. The zero-order valence-corrected chi connectivity index (χ0v) is 12.1. The Kier molecular flexibility index (Phi) is 3.31. The molecule has 3 rings (SSSR count). The Morgan fingerprint density at radius 1 is 1.38 bits per heavy atom. The Morgan fingerprint density at radius 3 is 2.81 bits per heavy atom. The molecule has 1 aliphatic rings. The molecule has 0 spiro atoms. The number of aromatic nitrogens is 4. The number of alkyl halides is 2. The van der Waals surface area contributed by atoms with Crippen molar-refractivity contribution in [2.45, 2.75) is 44.1 Å². The number of nitrogens with zero attached hydrogens (tertiary/aromatic N) is 4. The van der Waals surface area contributed by atoms with Crippen LogP contribution >= 0.6 is 0 Å². The molecular weight excluding hydrogens is 302 g/mol. The monoisotopic (exact) mass is 316 g/mol. The van der Waals surface area contributed by atoms with Crippen LogP contribution in [0.2, 0.25) is 0 Å². The standard InChI is InChI=1S/C12H14F2N4O2S/c1-8-11(5-15-17(8)7-12(13)14)21(19,20)18-6-9-3-2-4-10(9)16-18/h5-6,12H,2-4,7H2,1H3. The van der Waals surface area contributed by atoms with Crippen LogP contribution in [0.1, 0.15) is 23.4 Å². The molecule has 6 nitrogen and oxygen atoms in total. The van der Waals surface area contributed by atoms with Crippen LogP contribution in [0, 0.1) is 6.92 Å². The summed E-state index contributed by atoms with van der Waals surface area (Å²) in [5.41, 5.74) is 1.90. The molecule has 2 aromatic rings. The van der Waals surface area contributed by atoms with Gasteiger partial charge < -0.3 is 0 Å². The molecule has 0 unspecified atom stereocenters. The molecule has 2 heterocycles. The van der Waals surface area contributed by atoms with Crippen LogP contribution < -0.4 is 0 Å². The SMILES string of the molecule is Cc1c(S(=O)(=O)n2cc3c(n2)CCC3)cnn1CC(F)F. The van der Waals surface area contributed by atoms with E-state index in [-0.39, 0.29) is 10.6 Å². The van der Waals surface area contributed by atoms with Gasteiger partial charge in [0.05, 0.1) is 17.6 Å². The topological polar surface area (TPSA) is 69.8 Å². The minimum atomic E-state index is -3.89. The lowest BCUT2D eigenvalue weighted by molar-refractivity contribution is 0.121. The van der Waals surface area contributed by atoms with Crippen molar-refractivity contribution in [3.05, 3.63) is 29.3 Å². The summed E-state index contributed by atoms with van der Waals surface area (Å²) < 4.78 is 51.8. The lowest BCUT2D eigenvalue weighted by Crippen LogP contribution is -2.16. The first-order valence-electron chi connectivity index (χ1n) is 6.53. The molecule has 9 heteroatoms. The first-order valence-corrected chi connectivity index (χ1v) is 7.97. The molecular formula is C12H14F2N4O2S. The molecule has 0 radical (unpaired) electrons. The molecule has 0 bridgehead atoms. The van der Waals surface area contributed by atoms with Gasteiger partial charge in [-0.25, -0.2) is 8.78 Å². The maximum Gasteiger partial charge on any atom is 0.286 e. The largest absolute Gasteiger partial charge is 0.286 e. The molecule has 0 aromatic carbocycles. The van der Waals surface area contributed by atoms with E-state index in [9.17, 15) is 17.2 Å². The number of hydrogen-bond acceptors (Lipinski definition) is 4. The van der Waals surface area contributed by atoms with E-state index in [4.69, 9.17) is 0 Å². The van der Waals surface area contributed by atoms with Crippen LogP contribution in [0.25, 0.3) is 0 Å². The fourth-order valence-electron chi connectivity index (χ4n) is 2.51. The summed E-state index contributed by atoms with van der Waals surface area (Å²) in [6.45, 7) is 0.830. The third-order valence-corrected chi connectivity index (χ3v) is 5.25. The molecule has 2 aromatic heterocycles. The van der Waals surface area contributed by atoms with Crippen molar-refractivity contribution < 1.29 is 17.2 Å². The third kappa shape index (κ3) is 2.35. The van der Waals surface area contributed by atoms with Crippen LogP contribution in [-0.4, -0.2) is 33.8 Å². The average molecular weight is 316 g/mol. The third-order valence-electron chi connectivity index (χ3n) is 3.61. The first kappa shape index (κ1) is 14.2. The minimum Gasteiger partial charge on any atom is -0.263 e. The maximum atomic E-state index is 12.5. The summed E-state index contributed by atoms with van der Waals surface area (Å²) in [6.07, 6.45) is 2.56. The predicted molar refractivity (Wildman–Crippen MR) is 69.8 cm³/mol. The van der Waals surface area contributed by atoms with Gasteiger partial charge in [-0.3, -0.25) is 4.68 Å². The molecule has 0 fully saturated rings. The van der Waals surface area contributed by atoms with Crippen molar-refractivity contribution in [3.63, 3.8) is 0 Å². The van der Waals surface area contributed by atoms with E-state index in [1.54, 1.807) is 0 Å². The lowest BCUT2D eigenvalue weighted by atomic mass is 10.3. The van der Waals surface area contributed by atoms with Crippen LogP contribution in [-0.2, 0) is 29.4 Å². The second-order valence-corrected chi connectivity index (χ2v) is 6.76. The van der Waals surface area contributed by atoms with E-state index >= 15 is 0 Å². The molecule has 1 aliphatic carbocycles. The fraction of sp³-hybridized carbons (Fsp3) is 0.500. The molecule has 0 N–H and O–H groups in total. The van der Waals surface area contributed by atoms with Crippen molar-refractivity contribution in [1.82, 2.24) is 19.0 Å². The smallest absolute Gasteiger partial charge is 0.263 e. The summed E-state index contributed by atoms with van der Waals surface area (Å²) in [5.74, 6) is 0. The fourth-order valence-corrected chi connectivity index (χ4v) is 3.84. The number of hydrogen-bond donors (Lipinski definition) is 0. The van der Waals surface area contributed by atoms with E-state index in [0.717, 1.165) is 45.5 Å². The number of rotatable bonds is 4. The highest BCUT2D eigenvalue weighted by atomic mass is 32.2. The van der Waals surface area contributed by atoms with Gasteiger partial charge in [-0.05, 0) is 31.7 Å². The Balaban J connectivity index is 2.00. The van der Waals surface area contributed by atoms with Crippen molar-refractivity contribution in [2.24, 2.45) is 0 Å². The summed E-state index contributed by atoms with van der Waals surface area (Å²) in [6, 6.07) is 0. The van der Waals surface area contributed by atoms with E-state index in [1.807, 2.05) is 0 Å². The minimum absolute atomic E-state index is 0.0932. The zero-order valence-electron chi connectivity index (χ0n) is 11.3. The quantitative estimate of drug-likeness (QED) is 0.854. The summed E-state index contributed by atoms with van der Waals surface area (Å²) in [7, 11) is -3.89. The van der Waals surface area contributed by atoms with Gasteiger partial charge in [-0.2, -0.15) is 22.7 Å². The Labute approximate surface area is 120 Å². The highest BCUT2D eigenvalue weighted by molar-refractivity contribution is 7.89. The van der Waals surface area contributed by atoms with Crippen molar-refractivity contribution >= 4 is 10.0 Å². The molecule has 114 valence electrons. The summed E-state index contributed by atoms with van der Waals surface area (Å²) >= 11 is 0. The molecule has 0 saturated carbocycles. The molecule has 0 aliphatic heterocycles. The second kappa shape index (κ2) is 4.90. The van der Waals surface area contributed by atoms with Gasteiger partial charge >= 0.3 is 0 Å². The molecule has 0 atom stereocenters. The van der Waals surface area contributed by atoms with Crippen molar-refractivity contribution in [2.75, 3.05) is 0 Å². The molecule has 0 saturated heterocycles. The average Bonchev–Trinajstić information content (AvgIpc) is 3.04. The second-order valence-electron chi connectivity index (χ2n) is 5.00. The van der Waals surface area contributed by atoms with Crippen molar-refractivity contribution in [1.29, 1.82) is 0 Å². The van der Waals surface area contributed by atoms with Gasteiger partial charge in [0, 0.05) is 6.20 Å². The Hall–Kier alpha value is -1.77. The van der Waals surface area contributed by atoms with Gasteiger partial charge in [0.1, 0.15) is 11.4 Å². The first-order chi connectivity index (χ1) is 9.89. The van der Waals surface area contributed by atoms with Crippen LogP contribution in [0.5, 0.6) is 0 Å². The van der Waals surface area contributed by atoms with E-state index in [2.05, 4.69) is 10.2 Å². The van der Waals surface area contributed by atoms with Crippen molar-refractivity contribution in [3.8, 4) is 0 Å². The number of fused-ring (bicyclic) bond motifs is 1. The highest BCUT2D eigenvalue weighted by Gasteiger charge is 2.27. The molecule has 0 amide bonds. The Bertz CT molecular complexity index is 758. The van der Waals surface area contributed by atoms with Gasteiger partial charge in [-0.15, -0.1) is 0 Å². The molecule has 21 heavy (non-hydrogen) atoms. The van der Waals surface area contributed by atoms with E-state index in [1.165, 1.54) is 13.1 Å². The highest BCUT2D eigenvalue weighted by Crippen LogP contribution is 2.24. The number of halogens is 2. The van der Waals surface area contributed by atoms with E-state index < -0.39 is 23.0 Å². The zero-order chi connectivity index (χ0) is 15.2. The predicted octanol–water partition coefficient (Wildman–Crippen LogP) is 1.38.